The highest BCUT2D eigenvalue weighted by molar-refractivity contribution is 5.23. The van der Waals surface area contributed by atoms with Crippen LogP contribution in [0.1, 0.15) is 32.1 Å². The van der Waals surface area contributed by atoms with Crippen LogP contribution < -0.4 is 5.32 Å². The molecule has 2 nitrogen and oxygen atoms in total. The maximum absolute atomic E-state index is 3.26. The van der Waals surface area contributed by atoms with Gasteiger partial charge in [0.2, 0.25) is 0 Å². The van der Waals surface area contributed by atoms with Crippen LogP contribution in [0.2, 0.25) is 0 Å². The number of hydrogen-bond acceptors (Lipinski definition) is 2. The van der Waals surface area contributed by atoms with Gasteiger partial charge in [-0.15, -0.1) is 0 Å². The maximum atomic E-state index is 3.26. The molecular weight excluding hydrogens is 208 g/mol. The van der Waals surface area contributed by atoms with E-state index in [0.29, 0.717) is 0 Å². The van der Waals surface area contributed by atoms with Gasteiger partial charge >= 0.3 is 0 Å². The number of rotatable bonds is 5. The molecule has 0 bridgehead atoms. The van der Waals surface area contributed by atoms with Gasteiger partial charge in [0.25, 0.3) is 0 Å². The second kappa shape index (κ2) is 6.97. The summed E-state index contributed by atoms with van der Waals surface area (Å²) in [5.74, 6) is 0.953. The monoisotopic (exact) mass is 234 g/mol. The van der Waals surface area contributed by atoms with Crippen molar-refractivity contribution in [1.82, 2.24) is 10.2 Å². The van der Waals surface area contributed by atoms with Crippen LogP contribution in [0.15, 0.2) is 23.8 Å². The van der Waals surface area contributed by atoms with E-state index in [-0.39, 0.29) is 0 Å². The Morgan fingerprint density at radius 3 is 2.76 bits per heavy atom. The van der Waals surface area contributed by atoms with E-state index < -0.39 is 0 Å². The van der Waals surface area contributed by atoms with E-state index in [1.54, 1.807) is 0 Å². The van der Waals surface area contributed by atoms with Crippen LogP contribution >= 0.6 is 0 Å². The first-order chi connectivity index (χ1) is 8.38. The van der Waals surface area contributed by atoms with E-state index in [1.165, 1.54) is 63.9 Å². The first kappa shape index (κ1) is 12.8. The van der Waals surface area contributed by atoms with Gasteiger partial charge in [-0.1, -0.05) is 18.2 Å². The number of nitrogens with zero attached hydrogens (tertiary/aromatic N) is 1. The predicted molar refractivity (Wildman–Crippen MR) is 74.2 cm³/mol. The number of piperidine rings is 1. The highest BCUT2D eigenvalue weighted by Crippen LogP contribution is 2.21. The third-order valence-electron chi connectivity index (χ3n) is 3.99. The normalized spacial score (nSPS) is 22.8. The van der Waals surface area contributed by atoms with Gasteiger partial charge in [0.15, 0.2) is 0 Å². The van der Waals surface area contributed by atoms with Crippen LogP contribution in [0.25, 0.3) is 0 Å². The third kappa shape index (κ3) is 4.29. The van der Waals surface area contributed by atoms with Crippen LogP contribution in [-0.2, 0) is 0 Å². The Morgan fingerprint density at radius 1 is 1.29 bits per heavy atom. The first-order valence-electron chi connectivity index (χ1n) is 7.11. The van der Waals surface area contributed by atoms with Crippen molar-refractivity contribution in [2.45, 2.75) is 32.1 Å². The SMILES string of the molecule is CNCCC1CCN(CC2=CCCC=C2)CC1. The van der Waals surface area contributed by atoms with Gasteiger partial charge in [-0.2, -0.15) is 0 Å². The molecule has 1 heterocycles. The zero-order chi connectivity index (χ0) is 11.9. The molecule has 1 saturated heterocycles. The lowest BCUT2D eigenvalue weighted by Crippen LogP contribution is -2.35. The minimum atomic E-state index is 0.953. The van der Waals surface area contributed by atoms with Gasteiger partial charge in [0.05, 0.1) is 0 Å². The summed E-state index contributed by atoms with van der Waals surface area (Å²) in [4.78, 5) is 2.62. The Labute approximate surface area is 106 Å². The summed E-state index contributed by atoms with van der Waals surface area (Å²) in [5.41, 5.74) is 1.53. The van der Waals surface area contributed by atoms with E-state index in [1.807, 2.05) is 0 Å². The van der Waals surface area contributed by atoms with Crippen LogP contribution in [-0.4, -0.2) is 38.1 Å². The molecule has 17 heavy (non-hydrogen) atoms. The second-order valence-corrected chi connectivity index (χ2v) is 5.37. The Bertz CT molecular complexity index is 273. The highest BCUT2D eigenvalue weighted by atomic mass is 15.1. The maximum Gasteiger partial charge on any atom is 0.0230 e. The summed E-state index contributed by atoms with van der Waals surface area (Å²) < 4.78 is 0. The summed E-state index contributed by atoms with van der Waals surface area (Å²) in [6, 6.07) is 0. The van der Waals surface area contributed by atoms with E-state index in [0.717, 1.165) is 5.92 Å². The van der Waals surface area contributed by atoms with E-state index in [2.05, 4.69) is 35.5 Å². The zero-order valence-corrected chi connectivity index (χ0v) is 11.1. The fourth-order valence-electron chi connectivity index (χ4n) is 2.82. The smallest absolute Gasteiger partial charge is 0.0230 e. The molecule has 1 N–H and O–H groups in total. The molecule has 0 unspecified atom stereocenters. The molecule has 0 radical (unpaired) electrons. The first-order valence-corrected chi connectivity index (χ1v) is 7.11. The van der Waals surface area contributed by atoms with Crippen LogP contribution in [0.4, 0.5) is 0 Å². The lowest BCUT2D eigenvalue weighted by Gasteiger charge is -2.32. The largest absolute Gasteiger partial charge is 0.320 e. The predicted octanol–water partition coefficient (Wildman–Crippen LogP) is 2.58. The third-order valence-corrected chi connectivity index (χ3v) is 3.99. The van der Waals surface area contributed by atoms with Crippen LogP contribution in [0.3, 0.4) is 0 Å². The highest BCUT2D eigenvalue weighted by Gasteiger charge is 2.18. The van der Waals surface area contributed by atoms with Gasteiger partial charge in [-0.05, 0) is 70.3 Å². The summed E-state index contributed by atoms with van der Waals surface area (Å²) in [5, 5.41) is 3.26. The van der Waals surface area contributed by atoms with E-state index >= 15 is 0 Å². The van der Waals surface area contributed by atoms with Gasteiger partial charge in [-0.3, -0.25) is 4.90 Å². The van der Waals surface area contributed by atoms with Gasteiger partial charge in [0.1, 0.15) is 0 Å². The van der Waals surface area contributed by atoms with Crippen molar-refractivity contribution in [1.29, 1.82) is 0 Å². The average molecular weight is 234 g/mol. The summed E-state index contributed by atoms with van der Waals surface area (Å²) in [7, 11) is 2.05. The molecule has 96 valence electrons. The van der Waals surface area contributed by atoms with Crippen molar-refractivity contribution in [3.05, 3.63) is 23.8 Å². The molecule has 0 atom stereocenters. The Hall–Kier alpha value is -0.600. The average Bonchev–Trinajstić information content (AvgIpc) is 2.39. The van der Waals surface area contributed by atoms with E-state index in [9.17, 15) is 0 Å². The number of likely N-dealkylation sites (tertiary alicyclic amines) is 1. The molecule has 0 aromatic rings. The lowest BCUT2D eigenvalue weighted by atomic mass is 9.93. The molecule has 0 aromatic heterocycles. The van der Waals surface area contributed by atoms with Crippen molar-refractivity contribution in [2.75, 3.05) is 33.2 Å². The standard InChI is InChI=1S/C15H26N2/c1-16-10-7-14-8-11-17(12-9-14)13-15-5-3-2-4-6-15/h3,5-6,14,16H,2,4,7-13H2,1H3. The number of allylic oxidation sites excluding steroid dienone is 2. The Balaban J connectivity index is 1.68. The van der Waals surface area contributed by atoms with Crippen molar-refractivity contribution in [3.8, 4) is 0 Å². The molecule has 0 aromatic carbocycles. The molecule has 1 fully saturated rings. The summed E-state index contributed by atoms with van der Waals surface area (Å²) >= 11 is 0. The molecule has 0 saturated carbocycles. The fraction of sp³-hybridized carbons (Fsp3) is 0.733. The fourth-order valence-corrected chi connectivity index (χ4v) is 2.82. The van der Waals surface area contributed by atoms with Crippen molar-refractivity contribution < 1.29 is 0 Å². The molecule has 2 rings (SSSR count). The van der Waals surface area contributed by atoms with Gasteiger partial charge in [-0.25, -0.2) is 0 Å². The van der Waals surface area contributed by atoms with Gasteiger partial charge < -0.3 is 5.32 Å². The minimum Gasteiger partial charge on any atom is -0.320 e. The molecule has 2 aliphatic rings. The van der Waals surface area contributed by atoms with Crippen molar-refractivity contribution >= 4 is 0 Å². The van der Waals surface area contributed by atoms with Crippen molar-refractivity contribution in [3.63, 3.8) is 0 Å². The summed E-state index contributed by atoms with van der Waals surface area (Å²) in [6.45, 7) is 4.94. The quantitative estimate of drug-likeness (QED) is 0.786. The topological polar surface area (TPSA) is 15.3 Å². The molecule has 2 heteroatoms. The van der Waals surface area contributed by atoms with Gasteiger partial charge in [0, 0.05) is 6.54 Å². The number of hydrogen-bond donors (Lipinski definition) is 1. The molecule has 0 spiro atoms. The molecule has 1 aliphatic heterocycles. The molecule has 1 aliphatic carbocycles. The minimum absolute atomic E-state index is 0.953. The Kier molecular flexibility index (Phi) is 5.27. The van der Waals surface area contributed by atoms with Crippen molar-refractivity contribution in [2.24, 2.45) is 5.92 Å². The number of nitrogens with one attached hydrogen (secondary N) is 1. The zero-order valence-electron chi connectivity index (χ0n) is 11.1. The molecule has 0 amide bonds. The summed E-state index contributed by atoms with van der Waals surface area (Å²) in [6.07, 6.45) is 13.6. The van der Waals surface area contributed by atoms with E-state index in [4.69, 9.17) is 0 Å². The molecular formula is C15H26N2. The lowest BCUT2D eigenvalue weighted by molar-refractivity contribution is 0.192. The second-order valence-electron chi connectivity index (χ2n) is 5.37. The Morgan fingerprint density at radius 2 is 2.12 bits per heavy atom. The van der Waals surface area contributed by atoms with Crippen LogP contribution in [0.5, 0.6) is 0 Å². The van der Waals surface area contributed by atoms with Crippen LogP contribution in [0, 0.1) is 5.92 Å².